The Morgan fingerprint density at radius 2 is 1.89 bits per heavy atom. The molecule has 27 heavy (non-hydrogen) atoms. The third-order valence-electron chi connectivity index (χ3n) is 3.64. The highest BCUT2D eigenvalue weighted by Gasteiger charge is 2.49. The SMILES string of the molecule is Nc1ncnc2c1ncn2[C@H]1O[C@@H](COP(=O)(O)O)C(OP(=O)(O)O)[C@H]1O. The van der Waals surface area contributed by atoms with Crippen LogP contribution in [-0.4, -0.2) is 69.1 Å². The number of imidazole rings is 1. The number of nitrogens with zero attached hydrogens (tertiary/aromatic N) is 4. The Bertz CT molecular complexity index is 926. The van der Waals surface area contributed by atoms with Crippen LogP contribution in [0.3, 0.4) is 0 Å². The zero-order valence-corrected chi connectivity index (χ0v) is 15.0. The molecule has 0 aliphatic carbocycles. The summed E-state index contributed by atoms with van der Waals surface area (Å²) in [5.41, 5.74) is 6.01. The summed E-state index contributed by atoms with van der Waals surface area (Å²) in [4.78, 5) is 47.4. The smallest absolute Gasteiger partial charge is 0.386 e. The van der Waals surface area contributed by atoms with Crippen LogP contribution in [0.4, 0.5) is 5.82 Å². The van der Waals surface area contributed by atoms with Gasteiger partial charge in [-0.2, -0.15) is 0 Å². The van der Waals surface area contributed by atoms with Gasteiger partial charge in [-0.1, -0.05) is 0 Å². The molecule has 1 aliphatic heterocycles. The Kier molecular flexibility index (Phi) is 5.35. The Balaban J connectivity index is 1.93. The molecule has 2 aromatic heterocycles. The van der Waals surface area contributed by atoms with Crippen LogP contribution in [0, 0.1) is 0 Å². The molecule has 150 valence electrons. The number of aromatic nitrogens is 4. The van der Waals surface area contributed by atoms with Gasteiger partial charge in [-0.25, -0.2) is 24.1 Å². The minimum atomic E-state index is -5.07. The zero-order chi connectivity index (χ0) is 20.0. The lowest BCUT2D eigenvalue weighted by molar-refractivity contribution is -0.0502. The lowest BCUT2D eigenvalue weighted by Crippen LogP contribution is -2.35. The number of aliphatic hydroxyl groups excluding tert-OH is 1. The fourth-order valence-corrected chi connectivity index (χ4v) is 3.52. The average Bonchev–Trinajstić information content (AvgIpc) is 3.07. The van der Waals surface area contributed by atoms with Gasteiger partial charge in [-0.15, -0.1) is 0 Å². The number of nitrogens with two attached hydrogens (primary N) is 1. The van der Waals surface area contributed by atoms with E-state index in [0.29, 0.717) is 0 Å². The number of phosphoric ester groups is 2. The summed E-state index contributed by atoms with van der Waals surface area (Å²) >= 11 is 0. The average molecular weight is 427 g/mol. The van der Waals surface area contributed by atoms with Gasteiger partial charge in [-0.3, -0.25) is 13.6 Å². The van der Waals surface area contributed by atoms with Crippen molar-refractivity contribution in [1.82, 2.24) is 19.5 Å². The lowest BCUT2D eigenvalue weighted by Gasteiger charge is -2.20. The van der Waals surface area contributed by atoms with Crippen LogP contribution in [-0.2, 0) is 22.9 Å². The van der Waals surface area contributed by atoms with Gasteiger partial charge in [-0.05, 0) is 0 Å². The first-order chi connectivity index (χ1) is 12.5. The lowest BCUT2D eigenvalue weighted by atomic mass is 10.1. The van der Waals surface area contributed by atoms with Gasteiger partial charge in [0.25, 0.3) is 0 Å². The minimum Gasteiger partial charge on any atom is -0.386 e. The van der Waals surface area contributed by atoms with E-state index in [9.17, 15) is 14.2 Å². The van der Waals surface area contributed by atoms with E-state index in [4.69, 9.17) is 30.0 Å². The molecule has 2 aromatic rings. The van der Waals surface area contributed by atoms with Crippen molar-refractivity contribution < 1.29 is 47.6 Å². The van der Waals surface area contributed by atoms with E-state index >= 15 is 0 Å². The highest BCUT2D eigenvalue weighted by molar-refractivity contribution is 7.46. The maximum absolute atomic E-state index is 11.2. The minimum absolute atomic E-state index is 0.0515. The predicted molar refractivity (Wildman–Crippen MR) is 84.6 cm³/mol. The quantitative estimate of drug-likeness (QED) is 0.281. The summed E-state index contributed by atoms with van der Waals surface area (Å²) in [6, 6.07) is 0. The molecular formula is C10H15N5O10P2. The fraction of sp³-hybridized carbons (Fsp3) is 0.500. The fourth-order valence-electron chi connectivity index (χ4n) is 2.60. The van der Waals surface area contributed by atoms with Gasteiger partial charge in [0.1, 0.15) is 30.2 Å². The standard InChI is InChI=1S/C10H15N5O10P2/c11-8-5-9(13-2-12-8)15(3-14-5)10-6(16)7(25-27(20,21)22)4(24-10)1-23-26(17,18)19/h2-4,6-7,10,16H,1H2,(H2,11,12,13)(H2,17,18,19)(H2,20,21,22)/t4-,6+,7?,10-/m0/s1. The summed E-state index contributed by atoms with van der Waals surface area (Å²) in [6.07, 6.45) is -3.75. The van der Waals surface area contributed by atoms with Crippen molar-refractivity contribution in [2.24, 2.45) is 0 Å². The van der Waals surface area contributed by atoms with Gasteiger partial charge in [0, 0.05) is 0 Å². The summed E-state index contributed by atoms with van der Waals surface area (Å²) in [6.45, 7) is -0.813. The number of ether oxygens (including phenoxy) is 1. The molecule has 0 amide bonds. The third kappa shape index (κ3) is 4.50. The molecule has 0 spiro atoms. The second-order valence-corrected chi connectivity index (χ2v) is 7.92. The van der Waals surface area contributed by atoms with Crippen LogP contribution in [0.2, 0.25) is 0 Å². The number of aliphatic hydroxyl groups is 1. The number of nitrogen functional groups attached to an aromatic ring is 1. The van der Waals surface area contributed by atoms with Crippen LogP contribution in [0.15, 0.2) is 12.7 Å². The molecule has 1 saturated heterocycles. The molecule has 0 bridgehead atoms. The largest absolute Gasteiger partial charge is 0.470 e. The Morgan fingerprint density at radius 3 is 2.52 bits per heavy atom. The maximum atomic E-state index is 11.2. The highest BCUT2D eigenvalue weighted by Crippen LogP contribution is 2.45. The first-order valence-corrected chi connectivity index (χ1v) is 10.2. The molecule has 1 aliphatic rings. The molecule has 17 heteroatoms. The predicted octanol–water partition coefficient (Wildman–Crippen LogP) is -1.75. The van der Waals surface area contributed by atoms with Gasteiger partial charge in [0.15, 0.2) is 17.7 Å². The molecule has 0 radical (unpaired) electrons. The van der Waals surface area contributed by atoms with E-state index in [1.807, 2.05) is 0 Å². The second kappa shape index (κ2) is 7.14. The summed E-state index contributed by atoms with van der Waals surface area (Å²) in [7, 11) is -9.98. The van der Waals surface area contributed by atoms with Crippen LogP contribution in [0.25, 0.3) is 11.2 Å². The molecule has 4 atom stereocenters. The zero-order valence-electron chi connectivity index (χ0n) is 13.2. The number of phosphoric acid groups is 2. The van der Waals surface area contributed by atoms with Crippen molar-refractivity contribution in [3.05, 3.63) is 12.7 Å². The van der Waals surface area contributed by atoms with Crippen molar-refractivity contribution in [2.45, 2.75) is 24.5 Å². The summed E-state index contributed by atoms with van der Waals surface area (Å²) in [5.74, 6) is 0.0515. The van der Waals surface area contributed by atoms with Crippen LogP contribution < -0.4 is 5.73 Å². The van der Waals surface area contributed by atoms with E-state index in [2.05, 4.69) is 24.0 Å². The summed E-state index contributed by atoms with van der Waals surface area (Å²) in [5, 5.41) is 10.4. The maximum Gasteiger partial charge on any atom is 0.470 e. The summed E-state index contributed by atoms with van der Waals surface area (Å²) < 4.78 is 37.6. The second-order valence-electron chi connectivity index (χ2n) is 5.49. The van der Waals surface area contributed by atoms with Crippen molar-refractivity contribution >= 4 is 32.6 Å². The number of anilines is 1. The molecule has 3 heterocycles. The number of hydrogen-bond donors (Lipinski definition) is 6. The van der Waals surface area contributed by atoms with E-state index in [1.165, 1.54) is 10.9 Å². The molecule has 15 nitrogen and oxygen atoms in total. The Morgan fingerprint density at radius 1 is 1.19 bits per heavy atom. The molecular weight excluding hydrogens is 412 g/mol. The molecule has 1 fully saturated rings. The van der Waals surface area contributed by atoms with Gasteiger partial charge >= 0.3 is 15.6 Å². The van der Waals surface area contributed by atoms with Crippen molar-refractivity contribution in [3.8, 4) is 0 Å². The third-order valence-corrected chi connectivity index (χ3v) is 4.64. The topological polar surface area (TPSA) is 233 Å². The number of rotatable bonds is 6. The number of fused-ring (bicyclic) bond motifs is 1. The van der Waals surface area contributed by atoms with Gasteiger partial charge < -0.3 is 35.2 Å². The molecule has 3 rings (SSSR count). The van der Waals surface area contributed by atoms with Crippen LogP contribution >= 0.6 is 15.6 Å². The first kappa shape index (κ1) is 20.2. The van der Waals surface area contributed by atoms with Crippen molar-refractivity contribution in [2.75, 3.05) is 12.3 Å². The van der Waals surface area contributed by atoms with Crippen molar-refractivity contribution in [1.29, 1.82) is 0 Å². The van der Waals surface area contributed by atoms with E-state index < -0.39 is 46.8 Å². The van der Waals surface area contributed by atoms with Gasteiger partial charge in [0.05, 0.1) is 12.9 Å². The number of hydrogen-bond acceptors (Lipinski definition) is 10. The van der Waals surface area contributed by atoms with Gasteiger partial charge in [0.2, 0.25) is 0 Å². The monoisotopic (exact) mass is 427 g/mol. The normalized spacial score (nSPS) is 26.7. The van der Waals surface area contributed by atoms with E-state index in [0.717, 1.165) is 6.33 Å². The van der Waals surface area contributed by atoms with E-state index in [-0.39, 0.29) is 17.0 Å². The van der Waals surface area contributed by atoms with E-state index in [1.54, 1.807) is 0 Å². The molecule has 0 saturated carbocycles. The van der Waals surface area contributed by atoms with Crippen LogP contribution in [0.1, 0.15) is 6.23 Å². The molecule has 7 N–H and O–H groups in total. The molecule has 0 aromatic carbocycles. The Hall–Kier alpha value is -1.51. The highest BCUT2D eigenvalue weighted by atomic mass is 31.2. The van der Waals surface area contributed by atoms with Crippen molar-refractivity contribution in [3.63, 3.8) is 0 Å². The molecule has 1 unspecified atom stereocenters. The van der Waals surface area contributed by atoms with Crippen LogP contribution in [0.5, 0.6) is 0 Å². The first-order valence-electron chi connectivity index (χ1n) is 7.17. The Labute approximate surface area is 150 Å².